The van der Waals surface area contributed by atoms with Crippen molar-refractivity contribution in [1.29, 1.82) is 0 Å². The number of phenols is 1. The van der Waals surface area contributed by atoms with E-state index in [-0.39, 0.29) is 29.5 Å². The number of phenolic OH excluding ortho intramolecular Hbond substituents is 1. The first-order chi connectivity index (χ1) is 25.9. The van der Waals surface area contributed by atoms with Crippen molar-refractivity contribution in [3.05, 3.63) is 124 Å². The second-order valence-electron chi connectivity index (χ2n) is 14.3. The van der Waals surface area contributed by atoms with Crippen LogP contribution < -0.4 is 15.8 Å². The number of pyridine rings is 1. The van der Waals surface area contributed by atoms with Crippen LogP contribution in [0.4, 0.5) is 5.82 Å². The number of piperidine rings is 1. The molecule has 53 heavy (non-hydrogen) atoms. The Morgan fingerprint density at radius 3 is 2.32 bits per heavy atom. The van der Waals surface area contributed by atoms with Gasteiger partial charge in [-0.2, -0.15) is 0 Å². The fourth-order valence-electron chi connectivity index (χ4n) is 7.22. The molecular weight excluding hydrogens is 663 g/mol. The number of ether oxygens (including phenoxy) is 1. The highest BCUT2D eigenvalue weighted by Crippen LogP contribution is 2.32. The predicted octanol–water partition coefficient (Wildman–Crippen LogP) is 7.74. The summed E-state index contributed by atoms with van der Waals surface area (Å²) in [6.45, 7) is 1.64. The van der Waals surface area contributed by atoms with Gasteiger partial charge in [0.1, 0.15) is 11.6 Å². The molecular formula is C45H55N3O5. The third kappa shape index (κ3) is 13.3. The van der Waals surface area contributed by atoms with Gasteiger partial charge < -0.3 is 26.0 Å². The van der Waals surface area contributed by atoms with Crippen molar-refractivity contribution < 1.29 is 24.5 Å². The molecule has 1 fully saturated rings. The number of aliphatic hydroxyl groups is 1. The van der Waals surface area contributed by atoms with Crippen molar-refractivity contribution >= 4 is 23.5 Å². The molecule has 0 spiro atoms. The lowest BCUT2D eigenvalue weighted by Gasteiger charge is -2.22. The molecule has 1 aliphatic heterocycles. The molecule has 5 rings (SSSR count). The van der Waals surface area contributed by atoms with E-state index in [1.54, 1.807) is 24.4 Å². The number of aromatic nitrogens is 1. The van der Waals surface area contributed by atoms with E-state index in [0.29, 0.717) is 24.2 Å². The molecule has 1 aromatic heterocycles. The van der Waals surface area contributed by atoms with Crippen molar-refractivity contribution in [1.82, 2.24) is 10.3 Å². The maximum atomic E-state index is 12.9. The van der Waals surface area contributed by atoms with Gasteiger partial charge in [-0.05, 0) is 134 Å². The van der Waals surface area contributed by atoms with Gasteiger partial charge in [-0.1, -0.05) is 86.4 Å². The van der Waals surface area contributed by atoms with Gasteiger partial charge in [0.2, 0.25) is 0 Å². The van der Waals surface area contributed by atoms with E-state index >= 15 is 0 Å². The summed E-state index contributed by atoms with van der Waals surface area (Å²) in [6.07, 6.45) is 17.0. The maximum Gasteiger partial charge on any atom is 0.186 e. The first-order valence-corrected chi connectivity index (χ1v) is 19.2. The molecule has 0 saturated carbocycles. The highest BCUT2D eigenvalue weighted by molar-refractivity contribution is 6.06. The second-order valence-corrected chi connectivity index (χ2v) is 14.3. The lowest BCUT2D eigenvalue weighted by Crippen LogP contribution is -2.27. The fourth-order valence-corrected chi connectivity index (χ4v) is 7.22. The van der Waals surface area contributed by atoms with E-state index in [9.17, 15) is 19.8 Å². The Hall–Kier alpha value is -4.79. The van der Waals surface area contributed by atoms with Crippen LogP contribution in [0.1, 0.15) is 96.7 Å². The number of carbonyl (C=O) groups is 2. The Morgan fingerprint density at radius 1 is 0.830 bits per heavy atom. The summed E-state index contributed by atoms with van der Waals surface area (Å²) in [5.74, 6) is 0.917. The zero-order valence-electron chi connectivity index (χ0n) is 30.9. The van der Waals surface area contributed by atoms with E-state index in [1.165, 1.54) is 48.4 Å². The van der Waals surface area contributed by atoms with Crippen LogP contribution in [0, 0.1) is 5.92 Å². The topological polar surface area (TPSA) is 135 Å². The van der Waals surface area contributed by atoms with Crippen molar-refractivity contribution in [2.75, 3.05) is 25.6 Å². The molecule has 1 saturated heterocycles. The van der Waals surface area contributed by atoms with Crippen molar-refractivity contribution in [2.45, 2.75) is 89.9 Å². The molecule has 4 aromatic rings. The van der Waals surface area contributed by atoms with E-state index < -0.39 is 6.79 Å². The summed E-state index contributed by atoms with van der Waals surface area (Å²) in [4.78, 5) is 29.9. The first-order valence-electron chi connectivity index (χ1n) is 19.2. The van der Waals surface area contributed by atoms with E-state index in [1.807, 2.05) is 12.1 Å². The average Bonchev–Trinajstić information content (AvgIpc) is 3.17. The van der Waals surface area contributed by atoms with Gasteiger partial charge in [0.15, 0.2) is 24.1 Å². The molecule has 0 amide bonds. The molecule has 2 heterocycles. The number of rotatable bonds is 21. The highest BCUT2D eigenvalue weighted by Gasteiger charge is 2.15. The standard InChI is InChI=1S/C45H55N3O5/c46-45-29-38(18-17-36-13-8-12-35(25-36)16-15-33-9-5-3-6-10-33)40(31-48-45)26-39-27-43(52)44(53-32-49)28-37(39)19-20-42(51)30-41(50)14-7-2-1-4-11-34-21-23-47-24-22-34/h3,5-6,8-10,12-13,19-20,25,27-29,31,34,47,49,52H,1-2,4,7,11,14-18,21-24,26,30,32H2,(H2,46,48). The minimum atomic E-state index is -0.610. The summed E-state index contributed by atoms with van der Waals surface area (Å²) in [7, 11) is 0. The maximum absolute atomic E-state index is 12.9. The van der Waals surface area contributed by atoms with Crippen LogP contribution in [0.2, 0.25) is 0 Å². The van der Waals surface area contributed by atoms with Gasteiger partial charge in [0.05, 0.1) is 6.42 Å². The third-order valence-electron chi connectivity index (χ3n) is 10.2. The van der Waals surface area contributed by atoms with Crippen LogP contribution in [0.25, 0.3) is 6.08 Å². The number of carbonyl (C=O) groups excluding carboxylic acids is 2. The number of aryl methyl sites for hydroxylation is 4. The summed E-state index contributed by atoms with van der Waals surface area (Å²) in [5, 5.41) is 23.5. The van der Waals surface area contributed by atoms with Crippen molar-refractivity contribution in [3.8, 4) is 11.5 Å². The molecule has 0 unspecified atom stereocenters. The number of hydrogen-bond acceptors (Lipinski definition) is 8. The number of nitrogen functional groups attached to an aromatic ring is 1. The number of nitrogens with two attached hydrogens (primary N) is 1. The molecule has 1 aliphatic rings. The Bertz CT molecular complexity index is 1800. The van der Waals surface area contributed by atoms with Gasteiger partial charge in [0.25, 0.3) is 0 Å². The van der Waals surface area contributed by atoms with Crippen LogP contribution in [0.3, 0.4) is 0 Å². The Morgan fingerprint density at radius 2 is 1.55 bits per heavy atom. The molecule has 0 atom stereocenters. The monoisotopic (exact) mass is 717 g/mol. The molecule has 5 N–H and O–H groups in total. The number of unbranched alkanes of at least 4 members (excludes halogenated alkanes) is 3. The molecule has 0 bridgehead atoms. The summed E-state index contributed by atoms with van der Waals surface area (Å²) < 4.78 is 5.24. The third-order valence-corrected chi connectivity index (χ3v) is 10.2. The Labute approximate surface area is 314 Å². The number of anilines is 1. The smallest absolute Gasteiger partial charge is 0.186 e. The van der Waals surface area contributed by atoms with E-state index in [4.69, 9.17) is 10.5 Å². The SMILES string of the molecule is Nc1cc(CCc2cccc(CCc3ccccc3)c2)c(Cc2cc(O)c(OCO)cc2C=CC(=O)CC(=O)CCCCCCC2CCNCC2)cn1. The quantitative estimate of drug-likeness (QED) is 0.0298. The molecule has 0 aliphatic carbocycles. The van der Waals surface area contributed by atoms with Crippen LogP contribution in [-0.2, 0) is 41.7 Å². The van der Waals surface area contributed by atoms with Gasteiger partial charge in [-0.3, -0.25) is 9.59 Å². The van der Waals surface area contributed by atoms with Gasteiger partial charge in [-0.25, -0.2) is 4.98 Å². The molecule has 280 valence electrons. The van der Waals surface area contributed by atoms with E-state index in [2.05, 4.69) is 58.8 Å². The van der Waals surface area contributed by atoms with E-state index in [0.717, 1.165) is 80.6 Å². The summed E-state index contributed by atoms with van der Waals surface area (Å²) in [6, 6.07) is 24.3. The number of nitrogens with one attached hydrogen (secondary N) is 1. The lowest BCUT2D eigenvalue weighted by atomic mass is 9.92. The number of aromatic hydroxyl groups is 1. The van der Waals surface area contributed by atoms with Crippen LogP contribution in [0.5, 0.6) is 11.5 Å². The average molecular weight is 718 g/mol. The predicted molar refractivity (Wildman–Crippen MR) is 212 cm³/mol. The number of aliphatic hydroxyl groups excluding tert-OH is 1. The molecule has 8 nitrogen and oxygen atoms in total. The van der Waals surface area contributed by atoms with Gasteiger partial charge in [0, 0.05) is 12.6 Å². The number of hydrogen-bond donors (Lipinski definition) is 4. The van der Waals surface area contributed by atoms with Crippen LogP contribution in [-0.4, -0.2) is 46.6 Å². The number of Topliss-reactive ketones (excluding diaryl/α,β-unsaturated/α-hetero) is 1. The van der Waals surface area contributed by atoms with Gasteiger partial charge in [-0.15, -0.1) is 0 Å². The minimum absolute atomic E-state index is 0.0486. The zero-order chi connectivity index (χ0) is 37.3. The van der Waals surface area contributed by atoms with Gasteiger partial charge >= 0.3 is 0 Å². The number of allylic oxidation sites excluding steroid dienone is 1. The lowest BCUT2D eigenvalue weighted by molar-refractivity contribution is -0.124. The number of ketones is 2. The molecule has 3 aromatic carbocycles. The molecule has 8 heteroatoms. The fraction of sp³-hybridized carbons (Fsp3) is 0.400. The normalized spacial score (nSPS) is 13.4. The highest BCUT2D eigenvalue weighted by atomic mass is 16.6. The van der Waals surface area contributed by atoms with Crippen LogP contribution in [0.15, 0.2) is 85.1 Å². The summed E-state index contributed by atoms with van der Waals surface area (Å²) in [5.41, 5.74) is 13.4. The Balaban J connectivity index is 1.19. The molecule has 0 radical (unpaired) electrons. The second kappa shape index (κ2) is 21.0. The Kier molecular flexibility index (Phi) is 15.7. The number of nitrogens with zero attached hydrogens (tertiary/aromatic N) is 1. The number of benzene rings is 3. The zero-order valence-corrected chi connectivity index (χ0v) is 30.9. The van der Waals surface area contributed by atoms with Crippen LogP contribution >= 0.6 is 0 Å². The summed E-state index contributed by atoms with van der Waals surface area (Å²) >= 11 is 0. The largest absolute Gasteiger partial charge is 0.504 e. The first kappa shape index (κ1) is 39.4. The van der Waals surface area contributed by atoms with Crippen molar-refractivity contribution in [2.24, 2.45) is 5.92 Å². The minimum Gasteiger partial charge on any atom is -0.504 e. The van der Waals surface area contributed by atoms with Crippen molar-refractivity contribution in [3.63, 3.8) is 0 Å².